The second-order valence-electron chi connectivity index (χ2n) is 7.63. The Morgan fingerprint density at radius 3 is 1.72 bits per heavy atom. The number of fused-ring (bicyclic) bond motifs is 1. The molecule has 0 unspecified atom stereocenters. The maximum absolute atomic E-state index is 15.4. The average Bonchev–Trinajstić information content (AvgIpc) is 2.85. The molecule has 4 heteroatoms. The SMILES string of the molecule is O=P(c1ccccc1)(c1ccccc1)c1c(-c2ccccc2)cc(O)c2ccc(Br)cc12. The first kappa shape index (κ1) is 20.8. The molecule has 0 aliphatic rings. The lowest BCUT2D eigenvalue weighted by molar-refractivity contribution is 0.482. The molecule has 0 aromatic heterocycles. The minimum atomic E-state index is -3.30. The van der Waals surface area contributed by atoms with Crippen molar-refractivity contribution in [2.45, 2.75) is 0 Å². The molecule has 5 aromatic rings. The highest BCUT2D eigenvalue weighted by atomic mass is 79.9. The van der Waals surface area contributed by atoms with Gasteiger partial charge in [-0.25, -0.2) is 0 Å². The van der Waals surface area contributed by atoms with Crippen LogP contribution in [0.5, 0.6) is 5.75 Å². The summed E-state index contributed by atoms with van der Waals surface area (Å²) in [6.07, 6.45) is 0. The average molecular weight is 499 g/mol. The lowest BCUT2D eigenvalue weighted by atomic mass is 10.00. The predicted octanol–water partition coefficient (Wildman–Crippen LogP) is 6.61. The minimum Gasteiger partial charge on any atom is -0.507 e. The highest BCUT2D eigenvalue weighted by molar-refractivity contribution is 9.10. The molecule has 0 aliphatic carbocycles. The Hall–Kier alpha value is -3.13. The fourth-order valence-electron chi connectivity index (χ4n) is 4.22. The smallest absolute Gasteiger partial charge is 0.172 e. The lowest BCUT2D eigenvalue weighted by Gasteiger charge is -2.25. The van der Waals surface area contributed by atoms with E-state index in [2.05, 4.69) is 15.9 Å². The highest BCUT2D eigenvalue weighted by Crippen LogP contribution is 2.49. The van der Waals surface area contributed by atoms with Gasteiger partial charge in [0, 0.05) is 25.8 Å². The van der Waals surface area contributed by atoms with Crippen LogP contribution in [0.4, 0.5) is 0 Å². The van der Waals surface area contributed by atoms with E-state index in [1.807, 2.05) is 109 Å². The van der Waals surface area contributed by atoms with Crippen molar-refractivity contribution in [2.24, 2.45) is 0 Å². The third kappa shape index (κ3) is 3.48. The molecule has 0 spiro atoms. The van der Waals surface area contributed by atoms with Gasteiger partial charge in [-0.2, -0.15) is 0 Å². The monoisotopic (exact) mass is 498 g/mol. The molecule has 0 bridgehead atoms. The summed E-state index contributed by atoms with van der Waals surface area (Å²) in [5.74, 6) is 0.169. The van der Waals surface area contributed by atoms with Crippen molar-refractivity contribution in [3.8, 4) is 16.9 Å². The number of halogens is 1. The zero-order valence-corrected chi connectivity index (χ0v) is 19.6. The number of phenolic OH excluding ortho intramolecular Hbond substituents is 1. The lowest BCUT2D eigenvalue weighted by Crippen LogP contribution is -2.27. The largest absolute Gasteiger partial charge is 0.507 e. The van der Waals surface area contributed by atoms with E-state index in [1.54, 1.807) is 6.07 Å². The fraction of sp³-hybridized carbons (Fsp3) is 0. The van der Waals surface area contributed by atoms with E-state index < -0.39 is 7.14 Å². The van der Waals surface area contributed by atoms with Crippen molar-refractivity contribution in [3.05, 3.63) is 120 Å². The van der Waals surface area contributed by atoms with Gasteiger partial charge in [0.25, 0.3) is 0 Å². The third-order valence-corrected chi connectivity index (χ3v) is 9.34. The van der Waals surface area contributed by atoms with E-state index in [0.717, 1.165) is 36.9 Å². The van der Waals surface area contributed by atoms with Crippen molar-refractivity contribution in [2.75, 3.05) is 0 Å². The van der Waals surface area contributed by atoms with E-state index in [1.165, 1.54) is 0 Å². The quantitative estimate of drug-likeness (QED) is 0.283. The molecule has 0 fully saturated rings. The van der Waals surface area contributed by atoms with Gasteiger partial charge < -0.3 is 9.67 Å². The summed E-state index contributed by atoms with van der Waals surface area (Å²) in [7, 11) is -3.30. The van der Waals surface area contributed by atoms with Crippen LogP contribution in [0, 0.1) is 0 Å². The third-order valence-electron chi connectivity index (χ3n) is 5.69. The molecular weight excluding hydrogens is 479 g/mol. The second kappa shape index (κ2) is 8.43. The Labute approximate surface area is 195 Å². The molecule has 0 saturated heterocycles. The number of rotatable bonds is 4. The molecule has 2 nitrogen and oxygen atoms in total. The van der Waals surface area contributed by atoms with Crippen LogP contribution in [0.3, 0.4) is 0 Å². The standard InChI is InChI=1S/C28H20BrO2P/c29-21-16-17-24-26(18-21)28(25(19-27(24)30)20-10-4-1-5-11-20)32(31,22-12-6-2-7-13-22)23-14-8-3-9-15-23/h1-19,30H. The summed E-state index contributed by atoms with van der Waals surface area (Å²) in [5.41, 5.74) is 1.68. The summed E-state index contributed by atoms with van der Waals surface area (Å²) in [5, 5.41) is 14.6. The first-order valence-corrected chi connectivity index (χ1v) is 12.8. The molecule has 5 aromatic carbocycles. The molecule has 0 atom stereocenters. The van der Waals surface area contributed by atoms with Crippen LogP contribution in [0.15, 0.2) is 120 Å². The van der Waals surface area contributed by atoms with Gasteiger partial charge in [-0.3, -0.25) is 0 Å². The van der Waals surface area contributed by atoms with Gasteiger partial charge in [-0.05, 0) is 40.8 Å². The van der Waals surface area contributed by atoms with E-state index >= 15 is 4.57 Å². The Morgan fingerprint density at radius 2 is 1.16 bits per heavy atom. The van der Waals surface area contributed by atoms with Crippen molar-refractivity contribution in [1.29, 1.82) is 0 Å². The van der Waals surface area contributed by atoms with Crippen LogP contribution in [0.1, 0.15) is 0 Å². The Kier molecular flexibility index (Phi) is 5.46. The van der Waals surface area contributed by atoms with Crippen molar-refractivity contribution in [1.82, 2.24) is 0 Å². The van der Waals surface area contributed by atoms with Gasteiger partial charge in [-0.1, -0.05) is 107 Å². The number of aromatic hydroxyl groups is 1. The van der Waals surface area contributed by atoms with E-state index in [4.69, 9.17) is 0 Å². The number of hydrogen-bond donors (Lipinski definition) is 1. The molecule has 156 valence electrons. The number of hydrogen-bond acceptors (Lipinski definition) is 2. The zero-order chi connectivity index (χ0) is 22.1. The van der Waals surface area contributed by atoms with Crippen LogP contribution < -0.4 is 15.9 Å². The minimum absolute atomic E-state index is 0.169. The van der Waals surface area contributed by atoms with Crippen LogP contribution in [0.2, 0.25) is 0 Å². The molecule has 1 N–H and O–H groups in total. The Bertz CT molecular complexity index is 1410. The normalized spacial score (nSPS) is 11.5. The number of benzene rings is 5. The van der Waals surface area contributed by atoms with Gasteiger partial charge in [0.2, 0.25) is 0 Å². The molecule has 0 radical (unpaired) electrons. The van der Waals surface area contributed by atoms with Crippen molar-refractivity contribution in [3.63, 3.8) is 0 Å². The summed E-state index contributed by atoms with van der Waals surface area (Å²) >= 11 is 3.58. The topological polar surface area (TPSA) is 37.3 Å². The first-order chi connectivity index (χ1) is 15.6. The summed E-state index contributed by atoms with van der Waals surface area (Å²) in [4.78, 5) is 0. The molecule has 32 heavy (non-hydrogen) atoms. The Balaban J connectivity index is 2.00. The maximum atomic E-state index is 15.4. The molecule has 0 heterocycles. The molecule has 5 rings (SSSR count). The van der Waals surface area contributed by atoms with Crippen LogP contribution in [0.25, 0.3) is 21.9 Å². The van der Waals surface area contributed by atoms with E-state index in [0.29, 0.717) is 5.39 Å². The van der Waals surface area contributed by atoms with Gasteiger partial charge in [0.1, 0.15) is 5.75 Å². The van der Waals surface area contributed by atoms with Crippen molar-refractivity contribution >= 4 is 49.8 Å². The van der Waals surface area contributed by atoms with Gasteiger partial charge in [0.15, 0.2) is 7.14 Å². The van der Waals surface area contributed by atoms with E-state index in [-0.39, 0.29) is 5.75 Å². The van der Waals surface area contributed by atoms with Gasteiger partial charge in [0.05, 0.1) is 0 Å². The molecule has 0 aliphatic heterocycles. The van der Waals surface area contributed by atoms with Gasteiger partial charge in [-0.15, -0.1) is 0 Å². The van der Waals surface area contributed by atoms with Crippen LogP contribution in [-0.2, 0) is 4.57 Å². The van der Waals surface area contributed by atoms with Crippen LogP contribution in [-0.4, -0.2) is 5.11 Å². The first-order valence-electron chi connectivity index (χ1n) is 10.3. The predicted molar refractivity (Wildman–Crippen MR) is 138 cm³/mol. The molecule has 0 amide bonds. The molecule has 0 saturated carbocycles. The second-order valence-corrected chi connectivity index (χ2v) is 11.2. The summed E-state index contributed by atoms with van der Waals surface area (Å²) in [6.45, 7) is 0. The summed E-state index contributed by atoms with van der Waals surface area (Å²) in [6, 6.07) is 36.6. The highest BCUT2D eigenvalue weighted by Gasteiger charge is 2.34. The zero-order valence-electron chi connectivity index (χ0n) is 17.2. The Morgan fingerprint density at radius 1 is 0.625 bits per heavy atom. The van der Waals surface area contributed by atoms with Crippen molar-refractivity contribution < 1.29 is 9.67 Å². The van der Waals surface area contributed by atoms with Gasteiger partial charge >= 0.3 is 0 Å². The van der Waals surface area contributed by atoms with Crippen LogP contribution >= 0.6 is 23.1 Å². The fourth-order valence-corrected chi connectivity index (χ4v) is 7.64. The maximum Gasteiger partial charge on any atom is 0.172 e. The summed E-state index contributed by atoms with van der Waals surface area (Å²) < 4.78 is 16.2. The van der Waals surface area contributed by atoms with E-state index in [9.17, 15) is 5.11 Å². The molecular formula is C28H20BrO2P. The number of phenols is 1.